The summed E-state index contributed by atoms with van der Waals surface area (Å²) in [6.07, 6.45) is 1.42. The summed E-state index contributed by atoms with van der Waals surface area (Å²) in [6, 6.07) is 15.8. The minimum absolute atomic E-state index is 0.130. The fourth-order valence-corrected chi connectivity index (χ4v) is 3.66. The minimum Gasteiger partial charge on any atom is -0.493 e. The molecule has 0 heterocycles. The molecule has 3 aromatic carbocycles. The molecule has 0 spiro atoms. The van der Waals surface area contributed by atoms with Crippen LogP contribution in [-0.4, -0.2) is 13.0 Å². The van der Waals surface area contributed by atoms with Crippen LogP contribution in [0.25, 0.3) is 6.08 Å². The average molecular weight is 550 g/mol. The van der Waals surface area contributed by atoms with E-state index in [-0.39, 0.29) is 23.0 Å². The van der Waals surface area contributed by atoms with Gasteiger partial charge < -0.3 is 14.8 Å². The number of hydrogen-bond donors (Lipinski definition) is 1. The molecule has 0 saturated carbocycles. The van der Waals surface area contributed by atoms with Gasteiger partial charge in [-0.2, -0.15) is 5.26 Å². The van der Waals surface area contributed by atoms with Gasteiger partial charge in [-0.05, 0) is 75.6 Å². The van der Waals surface area contributed by atoms with Gasteiger partial charge in [-0.15, -0.1) is 0 Å². The Morgan fingerprint density at radius 1 is 1.15 bits per heavy atom. The van der Waals surface area contributed by atoms with Gasteiger partial charge in [0.2, 0.25) is 0 Å². The molecule has 3 rings (SSSR count). The number of benzene rings is 3. The van der Waals surface area contributed by atoms with Crippen molar-refractivity contribution in [3.8, 4) is 17.6 Å². The Labute approximate surface area is 208 Å². The molecule has 0 radical (unpaired) electrons. The number of hydrogen-bond acceptors (Lipinski definition) is 4. The van der Waals surface area contributed by atoms with E-state index < -0.39 is 5.91 Å². The number of rotatable bonds is 7. The van der Waals surface area contributed by atoms with Crippen molar-refractivity contribution in [2.45, 2.75) is 6.61 Å². The van der Waals surface area contributed by atoms with E-state index in [9.17, 15) is 14.4 Å². The molecule has 0 aliphatic heterocycles. The van der Waals surface area contributed by atoms with Crippen molar-refractivity contribution in [2.75, 3.05) is 12.4 Å². The van der Waals surface area contributed by atoms with Gasteiger partial charge in [0, 0.05) is 5.69 Å². The van der Waals surface area contributed by atoms with Crippen molar-refractivity contribution in [2.24, 2.45) is 0 Å². The topological polar surface area (TPSA) is 71.3 Å². The van der Waals surface area contributed by atoms with E-state index in [2.05, 4.69) is 21.2 Å². The molecule has 0 unspecified atom stereocenters. The number of carbonyl (C=O) groups excluding carboxylic acids is 1. The third-order valence-corrected chi connectivity index (χ3v) is 5.73. The standard InChI is InChI=1S/C24H16BrCl2FN2O3/c1-32-22-10-15(9-19(25)23(22)33-13-14-2-4-17(28)5-3-14)8-16(12-29)24(31)30-18-6-7-20(26)21(27)11-18/h2-11H,13H2,1H3,(H,30,31)/b16-8+. The maximum absolute atomic E-state index is 13.1. The number of amides is 1. The van der Waals surface area contributed by atoms with Gasteiger partial charge in [-0.3, -0.25) is 4.79 Å². The number of halogens is 4. The molecule has 0 aromatic heterocycles. The summed E-state index contributed by atoms with van der Waals surface area (Å²) in [5.74, 6) is -0.120. The molecule has 3 aromatic rings. The number of ether oxygens (including phenoxy) is 2. The number of methoxy groups -OCH3 is 1. The Morgan fingerprint density at radius 2 is 1.88 bits per heavy atom. The lowest BCUT2D eigenvalue weighted by molar-refractivity contribution is -0.112. The first-order chi connectivity index (χ1) is 15.8. The van der Waals surface area contributed by atoms with E-state index in [4.69, 9.17) is 32.7 Å². The monoisotopic (exact) mass is 548 g/mol. The highest BCUT2D eigenvalue weighted by Crippen LogP contribution is 2.38. The first kappa shape index (κ1) is 24.6. The van der Waals surface area contributed by atoms with Crippen molar-refractivity contribution in [1.82, 2.24) is 0 Å². The molecular weight excluding hydrogens is 534 g/mol. The molecule has 0 bridgehead atoms. The van der Waals surface area contributed by atoms with Gasteiger partial charge in [-0.1, -0.05) is 35.3 Å². The van der Waals surface area contributed by atoms with Crippen LogP contribution in [0.2, 0.25) is 10.0 Å². The molecule has 1 N–H and O–H groups in total. The van der Waals surface area contributed by atoms with Gasteiger partial charge in [0.1, 0.15) is 24.1 Å². The van der Waals surface area contributed by atoms with Crippen LogP contribution in [0.15, 0.2) is 64.6 Å². The van der Waals surface area contributed by atoms with Crippen LogP contribution in [0.1, 0.15) is 11.1 Å². The molecule has 0 saturated heterocycles. The number of carbonyl (C=O) groups is 1. The summed E-state index contributed by atoms with van der Waals surface area (Å²) in [5.41, 5.74) is 1.59. The second-order valence-electron chi connectivity index (χ2n) is 6.70. The highest BCUT2D eigenvalue weighted by Gasteiger charge is 2.15. The van der Waals surface area contributed by atoms with Gasteiger partial charge in [0.15, 0.2) is 11.5 Å². The van der Waals surface area contributed by atoms with E-state index in [1.165, 1.54) is 31.4 Å². The second-order valence-corrected chi connectivity index (χ2v) is 8.37. The molecule has 0 fully saturated rings. The van der Waals surface area contributed by atoms with Crippen molar-refractivity contribution >= 4 is 56.8 Å². The lowest BCUT2D eigenvalue weighted by atomic mass is 10.1. The van der Waals surface area contributed by atoms with Crippen LogP contribution in [0.3, 0.4) is 0 Å². The van der Waals surface area contributed by atoms with Crippen molar-refractivity contribution in [3.63, 3.8) is 0 Å². The van der Waals surface area contributed by atoms with Crippen LogP contribution in [0.5, 0.6) is 11.5 Å². The lowest BCUT2D eigenvalue weighted by Crippen LogP contribution is -2.13. The Balaban J connectivity index is 1.81. The summed E-state index contributed by atoms with van der Waals surface area (Å²) < 4.78 is 24.9. The Bertz CT molecular complexity index is 1260. The zero-order valence-corrected chi connectivity index (χ0v) is 20.3. The van der Waals surface area contributed by atoms with E-state index in [1.54, 1.807) is 36.4 Å². The molecule has 5 nitrogen and oxygen atoms in total. The molecule has 1 amide bonds. The van der Waals surface area contributed by atoms with Gasteiger partial charge in [0.05, 0.1) is 21.6 Å². The first-order valence-electron chi connectivity index (χ1n) is 9.43. The highest BCUT2D eigenvalue weighted by molar-refractivity contribution is 9.10. The minimum atomic E-state index is -0.609. The predicted molar refractivity (Wildman–Crippen MR) is 130 cm³/mol. The first-order valence-corrected chi connectivity index (χ1v) is 11.0. The number of nitriles is 1. The molecule has 168 valence electrons. The second kappa shape index (κ2) is 11.2. The molecule has 0 aliphatic rings. The van der Waals surface area contributed by atoms with Crippen LogP contribution in [0.4, 0.5) is 10.1 Å². The number of nitrogens with one attached hydrogen (secondary N) is 1. The van der Waals surface area contributed by atoms with Crippen molar-refractivity contribution in [3.05, 3.63) is 91.6 Å². The normalized spacial score (nSPS) is 11.0. The molecule has 0 atom stereocenters. The third-order valence-electron chi connectivity index (χ3n) is 4.40. The maximum atomic E-state index is 13.1. The number of anilines is 1. The van der Waals surface area contributed by atoms with Gasteiger partial charge >= 0.3 is 0 Å². The Hall–Kier alpha value is -3.05. The summed E-state index contributed by atoms with van der Waals surface area (Å²) in [4.78, 5) is 12.6. The fraction of sp³-hybridized carbons (Fsp3) is 0.0833. The highest BCUT2D eigenvalue weighted by atomic mass is 79.9. The van der Waals surface area contributed by atoms with E-state index in [0.717, 1.165) is 5.56 Å². The quantitative estimate of drug-likeness (QED) is 0.254. The van der Waals surface area contributed by atoms with E-state index in [0.29, 0.717) is 32.2 Å². The van der Waals surface area contributed by atoms with Crippen molar-refractivity contribution < 1.29 is 18.7 Å². The predicted octanol–water partition coefficient (Wildman–Crippen LogP) is 7.03. The number of nitrogens with zero attached hydrogens (tertiary/aromatic N) is 1. The lowest BCUT2D eigenvalue weighted by Gasteiger charge is -2.14. The zero-order chi connectivity index (χ0) is 24.0. The zero-order valence-electron chi connectivity index (χ0n) is 17.2. The maximum Gasteiger partial charge on any atom is 0.266 e. The van der Waals surface area contributed by atoms with Crippen molar-refractivity contribution in [1.29, 1.82) is 5.26 Å². The summed E-state index contributed by atoms with van der Waals surface area (Å²) >= 11 is 15.3. The molecule has 33 heavy (non-hydrogen) atoms. The average Bonchev–Trinajstić information content (AvgIpc) is 2.79. The largest absolute Gasteiger partial charge is 0.493 e. The van der Waals surface area contributed by atoms with Crippen LogP contribution in [0, 0.1) is 17.1 Å². The third kappa shape index (κ3) is 6.48. The Morgan fingerprint density at radius 3 is 2.52 bits per heavy atom. The summed E-state index contributed by atoms with van der Waals surface area (Å²) in [7, 11) is 1.47. The van der Waals surface area contributed by atoms with Gasteiger partial charge in [0.25, 0.3) is 5.91 Å². The summed E-state index contributed by atoms with van der Waals surface area (Å²) in [5, 5.41) is 12.7. The Kier molecular flexibility index (Phi) is 8.34. The van der Waals surface area contributed by atoms with Crippen LogP contribution >= 0.6 is 39.1 Å². The van der Waals surface area contributed by atoms with Crippen LogP contribution < -0.4 is 14.8 Å². The van der Waals surface area contributed by atoms with E-state index in [1.807, 2.05) is 6.07 Å². The van der Waals surface area contributed by atoms with Gasteiger partial charge in [-0.25, -0.2) is 4.39 Å². The fourth-order valence-electron chi connectivity index (χ4n) is 2.79. The summed E-state index contributed by atoms with van der Waals surface area (Å²) in [6.45, 7) is 0.194. The molecule has 9 heteroatoms. The molecule has 0 aliphatic carbocycles. The van der Waals surface area contributed by atoms with E-state index >= 15 is 0 Å². The van der Waals surface area contributed by atoms with Crippen LogP contribution in [-0.2, 0) is 11.4 Å². The smallest absolute Gasteiger partial charge is 0.266 e. The molecular formula is C24H16BrCl2FN2O3. The SMILES string of the molecule is COc1cc(/C=C(\C#N)C(=O)Nc2ccc(Cl)c(Cl)c2)cc(Br)c1OCc1ccc(F)cc1.